The van der Waals surface area contributed by atoms with Crippen molar-refractivity contribution in [2.45, 2.75) is 51.9 Å². The predicted molar refractivity (Wildman–Crippen MR) is 67.7 cm³/mol. The number of carbonyl (C=O) groups excluding carboxylic acids is 1. The quantitative estimate of drug-likeness (QED) is 0.759. The van der Waals surface area contributed by atoms with Crippen molar-refractivity contribution in [2.24, 2.45) is 0 Å². The van der Waals surface area contributed by atoms with Crippen LogP contribution in [0.3, 0.4) is 0 Å². The molecule has 0 spiro atoms. The number of aromatic nitrogens is 1. The van der Waals surface area contributed by atoms with Crippen molar-refractivity contribution in [2.75, 3.05) is 0 Å². The van der Waals surface area contributed by atoms with Gasteiger partial charge in [0, 0.05) is 17.8 Å². The van der Waals surface area contributed by atoms with Crippen LogP contribution in [0, 0.1) is 6.92 Å². The average Bonchev–Trinajstić information content (AvgIpc) is 2.89. The van der Waals surface area contributed by atoms with E-state index in [9.17, 15) is 14.7 Å². The number of fused-ring (bicyclic) bond motifs is 2. The highest BCUT2D eigenvalue weighted by Gasteiger charge is 2.46. The molecule has 0 fully saturated rings. The molecule has 1 aromatic heterocycles. The van der Waals surface area contributed by atoms with Crippen LogP contribution in [0.25, 0.3) is 0 Å². The maximum Gasteiger partial charge on any atom is 0.343 e. The molecule has 1 unspecified atom stereocenters. The van der Waals surface area contributed by atoms with E-state index in [4.69, 9.17) is 4.74 Å². The summed E-state index contributed by atoms with van der Waals surface area (Å²) in [6.45, 7) is 4.28. The van der Waals surface area contributed by atoms with E-state index in [0.29, 0.717) is 17.7 Å². The first kappa shape index (κ1) is 12.4. The lowest BCUT2D eigenvalue weighted by Crippen LogP contribution is -2.45. The first-order valence-electron chi connectivity index (χ1n) is 6.66. The van der Waals surface area contributed by atoms with E-state index in [-0.39, 0.29) is 18.6 Å². The largest absolute Gasteiger partial charge is 0.458 e. The molecule has 0 radical (unpaired) electrons. The van der Waals surface area contributed by atoms with Gasteiger partial charge >= 0.3 is 5.97 Å². The molecule has 1 aromatic rings. The second kappa shape index (κ2) is 3.93. The molecule has 1 N–H and O–H groups in total. The van der Waals surface area contributed by atoms with Gasteiger partial charge in [0.25, 0.3) is 5.56 Å². The van der Waals surface area contributed by atoms with E-state index in [1.807, 2.05) is 6.92 Å². The monoisotopic (exact) mass is 263 g/mol. The van der Waals surface area contributed by atoms with Crippen LogP contribution in [-0.2, 0) is 34.7 Å². The van der Waals surface area contributed by atoms with E-state index >= 15 is 0 Å². The molecule has 2 aliphatic heterocycles. The molecule has 3 heterocycles. The third kappa shape index (κ3) is 1.45. The summed E-state index contributed by atoms with van der Waals surface area (Å²) in [7, 11) is 0. The first-order valence-corrected chi connectivity index (χ1v) is 6.66. The maximum absolute atomic E-state index is 12.4. The van der Waals surface area contributed by atoms with Crippen LogP contribution in [0.4, 0.5) is 0 Å². The number of hydrogen-bond donors (Lipinski definition) is 1. The summed E-state index contributed by atoms with van der Waals surface area (Å²) in [6.07, 6.45) is 1.96. The van der Waals surface area contributed by atoms with Crippen molar-refractivity contribution in [1.82, 2.24) is 4.57 Å². The highest BCUT2D eigenvalue weighted by molar-refractivity contribution is 5.83. The number of cyclic esters (lactones) is 1. The Kier molecular flexibility index (Phi) is 2.57. The topological polar surface area (TPSA) is 68.5 Å². The van der Waals surface area contributed by atoms with Crippen LogP contribution in [-0.4, -0.2) is 15.6 Å². The molecular formula is C14H17NO4. The molecule has 0 amide bonds. The molecule has 102 valence electrons. The lowest BCUT2D eigenvalue weighted by molar-refractivity contribution is -0.172. The summed E-state index contributed by atoms with van der Waals surface area (Å²) in [6, 6.07) is 0. The molecule has 5 heteroatoms. The van der Waals surface area contributed by atoms with E-state index in [1.165, 1.54) is 0 Å². The molecule has 0 saturated heterocycles. The molecular weight excluding hydrogens is 246 g/mol. The van der Waals surface area contributed by atoms with Gasteiger partial charge in [-0.15, -0.1) is 0 Å². The highest BCUT2D eigenvalue weighted by Crippen LogP contribution is 2.37. The average molecular weight is 263 g/mol. The fraction of sp³-hybridized carbons (Fsp3) is 0.571. The van der Waals surface area contributed by atoms with Gasteiger partial charge < -0.3 is 14.4 Å². The Morgan fingerprint density at radius 3 is 2.84 bits per heavy atom. The molecule has 3 rings (SSSR count). The zero-order valence-electron chi connectivity index (χ0n) is 11.2. The summed E-state index contributed by atoms with van der Waals surface area (Å²) >= 11 is 0. The fourth-order valence-electron chi connectivity index (χ4n) is 3.30. The van der Waals surface area contributed by atoms with Gasteiger partial charge in [-0.2, -0.15) is 0 Å². The predicted octanol–water partition coefficient (Wildman–Crippen LogP) is 0.757. The molecule has 19 heavy (non-hydrogen) atoms. The second-order valence-electron chi connectivity index (χ2n) is 5.28. The molecule has 0 aliphatic carbocycles. The molecule has 0 aromatic carbocycles. The Morgan fingerprint density at radius 2 is 2.16 bits per heavy atom. The summed E-state index contributed by atoms with van der Waals surface area (Å²) in [5.41, 5.74) is 0.956. The number of rotatable bonds is 1. The second-order valence-corrected chi connectivity index (χ2v) is 5.28. The summed E-state index contributed by atoms with van der Waals surface area (Å²) in [5, 5.41) is 10.6. The van der Waals surface area contributed by atoms with Crippen LogP contribution in [0.15, 0.2) is 4.79 Å². The van der Waals surface area contributed by atoms with E-state index < -0.39 is 11.6 Å². The standard InChI is InChI=1S/C14H17NO4/c1-3-14(18)11-8(2)10-5-4-6-15(10)12(16)9(11)7-19-13(14)17/h18H,3-7H2,1-2H3. The van der Waals surface area contributed by atoms with Gasteiger partial charge in [0.2, 0.25) is 0 Å². The first-order chi connectivity index (χ1) is 9.00. The van der Waals surface area contributed by atoms with Crippen LogP contribution in [0.2, 0.25) is 0 Å². The molecule has 0 bridgehead atoms. The Morgan fingerprint density at radius 1 is 1.42 bits per heavy atom. The third-order valence-corrected chi connectivity index (χ3v) is 4.34. The van der Waals surface area contributed by atoms with Crippen LogP contribution >= 0.6 is 0 Å². The van der Waals surface area contributed by atoms with E-state index in [0.717, 1.165) is 24.1 Å². The number of nitrogens with zero attached hydrogens (tertiary/aromatic N) is 1. The number of aliphatic hydroxyl groups is 1. The van der Waals surface area contributed by atoms with Crippen LogP contribution in [0.5, 0.6) is 0 Å². The van der Waals surface area contributed by atoms with Crippen LogP contribution < -0.4 is 5.56 Å². The Hall–Kier alpha value is -1.62. The van der Waals surface area contributed by atoms with E-state index in [1.54, 1.807) is 11.5 Å². The van der Waals surface area contributed by atoms with Crippen LogP contribution in [0.1, 0.15) is 42.1 Å². The van der Waals surface area contributed by atoms with Gasteiger partial charge in [0.15, 0.2) is 5.60 Å². The van der Waals surface area contributed by atoms with Gasteiger partial charge in [-0.3, -0.25) is 4.79 Å². The summed E-state index contributed by atoms with van der Waals surface area (Å²) in [5.74, 6) is -0.645. The van der Waals surface area contributed by atoms with Gasteiger partial charge in [-0.1, -0.05) is 6.92 Å². The fourth-order valence-corrected chi connectivity index (χ4v) is 3.30. The number of pyridine rings is 1. The van der Waals surface area contributed by atoms with Crippen molar-refractivity contribution in [1.29, 1.82) is 0 Å². The molecule has 5 nitrogen and oxygen atoms in total. The number of esters is 1. The maximum atomic E-state index is 12.4. The van der Waals surface area contributed by atoms with Crippen molar-refractivity contribution < 1.29 is 14.6 Å². The highest BCUT2D eigenvalue weighted by atomic mass is 16.6. The lowest BCUT2D eigenvalue weighted by Gasteiger charge is -2.33. The van der Waals surface area contributed by atoms with Crippen molar-refractivity contribution in [3.8, 4) is 0 Å². The molecule has 0 saturated carbocycles. The minimum absolute atomic E-state index is 0.0313. The Bertz CT molecular complexity index is 631. The van der Waals surface area contributed by atoms with Gasteiger partial charge in [-0.05, 0) is 31.7 Å². The number of hydrogen-bond acceptors (Lipinski definition) is 4. The summed E-state index contributed by atoms with van der Waals surface area (Å²) in [4.78, 5) is 24.3. The minimum Gasteiger partial charge on any atom is -0.458 e. The normalized spacial score (nSPS) is 24.9. The molecule has 1 atom stereocenters. The van der Waals surface area contributed by atoms with Gasteiger partial charge in [-0.25, -0.2) is 4.79 Å². The van der Waals surface area contributed by atoms with Crippen molar-refractivity contribution in [3.63, 3.8) is 0 Å². The Labute approximate surface area is 110 Å². The number of carbonyl (C=O) groups is 1. The zero-order valence-corrected chi connectivity index (χ0v) is 11.2. The van der Waals surface area contributed by atoms with Gasteiger partial charge in [0.1, 0.15) is 6.61 Å². The van der Waals surface area contributed by atoms with Crippen molar-refractivity contribution >= 4 is 5.97 Å². The third-order valence-electron chi connectivity index (χ3n) is 4.34. The minimum atomic E-state index is -1.67. The Balaban J connectivity index is 2.38. The van der Waals surface area contributed by atoms with Gasteiger partial charge in [0.05, 0.1) is 5.56 Å². The molecule has 2 aliphatic rings. The summed E-state index contributed by atoms with van der Waals surface area (Å²) < 4.78 is 6.76. The zero-order chi connectivity index (χ0) is 13.8. The van der Waals surface area contributed by atoms with Crippen molar-refractivity contribution in [3.05, 3.63) is 32.7 Å². The number of ether oxygens (including phenoxy) is 1. The van der Waals surface area contributed by atoms with E-state index in [2.05, 4.69) is 0 Å². The lowest BCUT2D eigenvalue weighted by atomic mass is 9.83. The smallest absolute Gasteiger partial charge is 0.343 e. The SMILES string of the molecule is CCC1(O)C(=O)OCc2c1c(C)c1n(c2=O)CCC1.